The largest absolute Gasteiger partial charge is 0.481 e. The molecule has 0 spiro atoms. The molecule has 0 aromatic heterocycles. The summed E-state index contributed by atoms with van der Waals surface area (Å²) in [7, 11) is 0. The number of carboxylic acids is 2. The van der Waals surface area contributed by atoms with Gasteiger partial charge in [0.1, 0.15) is 12.1 Å². The van der Waals surface area contributed by atoms with Crippen LogP contribution in [0.15, 0.2) is 0 Å². The third kappa shape index (κ3) is 11.1. The van der Waals surface area contributed by atoms with Crippen molar-refractivity contribution in [3.05, 3.63) is 0 Å². The topological polar surface area (TPSA) is 231 Å². The minimum atomic E-state index is -1.38. The van der Waals surface area contributed by atoms with Gasteiger partial charge in [-0.2, -0.15) is 0 Å². The van der Waals surface area contributed by atoms with Crippen molar-refractivity contribution in [2.24, 2.45) is 11.5 Å². The normalized spacial score (nSPS) is 12.3. The maximum Gasteiger partial charge on any atom is 0.326 e. The van der Waals surface area contributed by atoms with Crippen LogP contribution in [0.1, 0.15) is 25.7 Å². The van der Waals surface area contributed by atoms with Crippen molar-refractivity contribution in [2.75, 3.05) is 13.1 Å². The van der Waals surface area contributed by atoms with Crippen LogP contribution in [-0.4, -0.2) is 71.0 Å². The molecule has 0 radical (unpaired) electrons. The molecule has 0 aliphatic heterocycles. The smallest absolute Gasteiger partial charge is 0.326 e. The maximum atomic E-state index is 12.0. The molecule has 0 aromatic rings. The lowest BCUT2D eigenvalue weighted by atomic mass is 10.1. The molecular weight excluding hydrogens is 366 g/mol. The number of hydrogen-bond donors (Lipinski definition) is 7. The molecular formula is C14H23N5O8. The summed E-state index contributed by atoms with van der Waals surface area (Å²) >= 11 is 0. The molecule has 0 aliphatic carbocycles. The van der Waals surface area contributed by atoms with Gasteiger partial charge in [0.05, 0.1) is 13.1 Å². The van der Waals surface area contributed by atoms with Gasteiger partial charge in [-0.25, -0.2) is 4.79 Å². The average Bonchev–Trinajstić information content (AvgIpc) is 2.58. The van der Waals surface area contributed by atoms with Crippen molar-refractivity contribution >= 4 is 35.6 Å². The Morgan fingerprint density at radius 2 is 1.41 bits per heavy atom. The van der Waals surface area contributed by atoms with Gasteiger partial charge in [0.25, 0.3) is 0 Å². The number of primary amides is 1. The van der Waals surface area contributed by atoms with Gasteiger partial charge in [0.15, 0.2) is 0 Å². The fourth-order valence-electron chi connectivity index (χ4n) is 1.87. The van der Waals surface area contributed by atoms with Crippen LogP contribution in [0.4, 0.5) is 0 Å². The second-order valence-electron chi connectivity index (χ2n) is 5.44. The predicted octanol–water partition coefficient (Wildman–Crippen LogP) is -3.75. The van der Waals surface area contributed by atoms with Gasteiger partial charge in [0.2, 0.25) is 23.6 Å². The monoisotopic (exact) mass is 389 g/mol. The van der Waals surface area contributed by atoms with Crippen molar-refractivity contribution in [2.45, 2.75) is 37.8 Å². The Hall–Kier alpha value is -3.22. The fourth-order valence-corrected chi connectivity index (χ4v) is 1.87. The zero-order chi connectivity index (χ0) is 21.0. The van der Waals surface area contributed by atoms with Gasteiger partial charge >= 0.3 is 11.9 Å². The maximum absolute atomic E-state index is 12.0. The van der Waals surface area contributed by atoms with Crippen LogP contribution in [0.2, 0.25) is 0 Å². The van der Waals surface area contributed by atoms with E-state index in [0.29, 0.717) is 0 Å². The van der Waals surface area contributed by atoms with E-state index in [4.69, 9.17) is 21.7 Å². The van der Waals surface area contributed by atoms with Crippen molar-refractivity contribution in [3.63, 3.8) is 0 Å². The molecule has 4 amide bonds. The van der Waals surface area contributed by atoms with E-state index in [1.807, 2.05) is 0 Å². The number of carbonyl (C=O) groups excluding carboxylic acids is 4. The first kappa shape index (κ1) is 23.8. The molecule has 0 heterocycles. The lowest BCUT2D eigenvalue weighted by molar-refractivity contribution is -0.142. The molecule has 0 fully saturated rings. The summed E-state index contributed by atoms with van der Waals surface area (Å²) in [4.78, 5) is 67.5. The van der Waals surface area contributed by atoms with Crippen molar-refractivity contribution in [3.8, 4) is 0 Å². The molecule has 13 nitrogen and oxygen atoms in total. The van der Waals surface area contributed by atoms with E-state index in [2.05, 4.69) is 16.0 Å². The van der Waals surface area contributed by atoms with Crippen LogP contribution in [0.3, 0.4) is 0 Å². The van der Waals surface area contributed by atoms with Crippen LogP contribution < -0.4 is 27.4 Å². The quantitative estimate of drug-likeness (QED) is 0.164. The molecule has 0 rings (SSSR count). The summed E-state index contributed by atoms with van der Waals surface area (Å²) < 4.78 is 0. The van der Waals surface area contributed by atoms with Crippen molar-refractivity contribution in [1.29, 1.82) is 0 Å². The number of hydrogen-bond acceptors (Lipinski definition) is 7. The Bertz CT molecular complexity index is 594. The SMILES string of the molecule is NCC(=O)NC(CCC(=O)O)C(=O)NCC(=O)NC(CCC(N)=O)C(=O)O. The molecule has 0 aliphatic rings. The Morgan fingerprint density at radius 3 is 1.89 bits per heavy atom. The molecule has 152 valence electrons. The van der Waals surface area contributed by atoms with Crippen molar-refractivity contribution < 1.29 is 39.0 Å². The summed E-state index contributed by atoms with van der Waals surface area (Å²) in [5.74, 6) is -5.69. The van der Waals surface area contributed by atoms with E-state index in [9.17, 15) is 28.8 Å². The minimum absolute atomic E-state index is 0.224. The van der Waals surface area contributed by atoms with E-state index < -0.39 is 67.2 Å². The second-order valence-corrected chi connectivity index (χ2v) is 5.44. The van der Waals surface area contributed by atoms with E-state index in [-0.39, 0.29) is 19.3 Å². The zero-order valence-corrected chi connectivity index (χ0v) is 14.4. The van der Waals surface area contributed by atoms with Crippen LogP contribution in [0.25, 0.3) is 0 Å². The first-order chi connectivity index (χ1) is 12.6. The Kier molecular flexibility index (Phi) is 10.7. The molecule has 0 bridgehead atoms. The summed E-state index contributed by atoms with van der Waals surface area (Å²) in [6, 6.07) is -2.60. The third-order valence-corrected chi connectivity index (χ3v) is 3.22. The molecule has 0 saturated heterocycles. The summed E-state index contributed by atoms with van der Waals surface area (Å²) in [6.07, 6.45) is -1.13. The Balaban J connectivity index is 4.67. The van der Waals surface area contributed by atoms with Gasteiger partial charge in [-0.3, -0.25) is 24.0 Å². The predicted molar refractivity (Wildman–Crippen MR) is 88.9 cm³/mol. The summed E-state index contributed by atoms with van der Waals surface area (Å²) in [5.41, 5.74) is 10.0. The van der Waals surface area contributed by atoms with Gasteiger partial charge in [-0.1, -0.05) is 0 Å². The average molecular weight is 389 g/mol. The number of aliphatic carboxylic acids is 2. The highest BCUT2D eigenvalue weighted by Gasteiger charge is 2.24. The van der Waals surface area contributed by atoms with Crippen LogP contribution >= 0.6 is 0 Å². The number of carbonyl (C=O) groups is 6. The zero-order valence-electron chi connectivity index (χ0n) is 14.4. The lowest BCUT2D eigenvalue weighted by Crippen LogP contribution is -2.51. The number of rotatable bonds is 13. The van der Waals surface area contributed by atoms with Crippen LogP contribution in [0, 0.1) is 0 Å². The first-order valence-electron chi connectivity index (χ1n) is 7.86. The van der Waals surface area contributed by atoms with Gasteiger partial charge in [0, 0.05) is 12.8 Å². The van der Waals surface area contributed by atoms with Gasteiger partial charge < -0.3 is 37.6 Å². The van der Waals surface area contributed by atoms with Crippen molar-refractivity contribution in [1.82, 2.24) is 16.0 Å². The molecule has 2 unspecified atom stereocenters. The van der Waals surface area contributed by atoms with E-state index in [0.717, 1.165) is 0 Å². The van der Waals surface area contributed by atoms with Gasteiger partial charge in [-0.05, 0) is 12.8 Å². The molecule has 2 atom stereocenters. The standard InChI is InChI=1S/C14H23N5O8/c15-5-10(21)18-7(2-4-12(23)24)13(25)17-6-11(22)19-8(14(26)27)1-3-9(16)20/h7-8H,1-6,15H2,(H2,16,20)(H,17,25)(H,18,21)(H,19,22)(H,23,24)(H,26,27). The minimum Gasteiger partial charge on any atom is -0.481 e. The third-order valence-electron chi connectivity index (χ3n) is 3.22. The highest BCUT2D eigenvalue weighted by atomic mass is 16.4. The first-order valence-corrected chi connectivity index (χ1v) is 7.86. The number of carboxylic acid groups (broad SMARTS) is 2. The molecule has 27 heavy (non-hydrogen) atoms. The molecule has 0 aromatic carbocycles. The highest BCUT2D eigenvalue weighted by Crippen LogP contribution is 1.99. The van der Waals surface area contributed by atoms with Crippen LogP contribution in [-0.2, 0) is 28.8 Å². The Morgan fingerprint density at radius 1 is 0.852 bits per heavy atom. The van der Waals surface area contributed by atoms with E-state index in [1.54, 1.807) is 0 Å². The summed E-state index contributed by atoms with van der Waals surface area (Å²) in [6.45, 7) is -1.04. The molecule has 9 N–H and O–H groups in total. The van der Waals surface area contributed by atoms with Gasteiger partial charge in [-0.15, -0.1) is 0 Å². The summed E-state index contributed by atoms with van der Waals surface area (Å²) in [5, 5.41) is 24.1. The number of amides is 4. The highest BCUT2D eigenvalue weighted by molar-refractivity contribution is 5.92. The molecule has 0 saturated carbocycles. The fraction of sp³-hybridized carbons (Fsp3) is 0.571. The number of nitrogens with one attached hydrogen (secondary N) is 3. The number of nitrogens with two attached hydrogens (primary N) is 2. The van der Waals surface area contributed by atoms with E-state index in [1.165, 1.54) is 0 Å². The Labute approximate surface area is 153 Å². The van der Waals surface area contributed by atoms with E-state index >= 15 is 0 Å². The second kappa shape index (κ2) is 12.2. The lowest BCUT2D eigenvalue weighted by Gasteiger charge is -2.18. The van der Waals surface area contributed by atoms with Crippen LogP contribution in [0.5, 0.6) is 0 Å². The molecule has 13 heteroatoms.